The average molecular weight is 440 g/mol. The molecule has 2 N–H and O–H groups in total. The van der Waals surface area contributed by atoms with Gasteiger partial charge in [0, 0.05) is 18.7 Å². The number of benzene rings is 2. The van der Waals surface area contributed by atoms with Crippen molar-refractivity contribution in [3.63, 3.8) is 0 Å². The Balaban J connectivity index is 2.24. The van der Waals surface area contributed by atoms with Gasteiger partial charge in [-0.3, -0.25) is 14.4 Å². The van der Waals surface area contributed by atoms with Gasteiger partial charge < -0.3 is 20.3 Å². The predicted octanol–water partition coefficient (Wildman–Crippen LogP) is 3.96. The first-order valence-electron chi connectivity index (χ1n) is 11.0. The summed E-state index contributed by atoms with van der Waals surface area (Å²) in [6.45, 7) is 8.92. The molecule has 0 bridgehead atoms. The molecule has 0 aliphatic rings. The molecule has 0 heterocycles. The first-order chi connectivity index (χ1) is 15.4. The summed E-state index contributed by atoms with van der Waals surface area (Å²) in [5, 5.41) is 5.70. The third-order valence-corrected chi connectivity index (χ3v) is 5.61. The number of nitrogens with zero attached hydrogens (tertiary/aromatic N) is 1. The molecule has 3 amide bonds. The molecule has 0 aliphatic carbocycles. The fourth-order valence-electron chi connectivity index (χ4n) is 3.36. The van der Waals surface area contributed by atoms with Crippen LogP contribution in [-0.2, 0) is 4.79 Å². The Bertz CT molecular complexity index is 923. The van der Waals surface area contributed by atoms with Crippen molar-refractivity contribution in [2.24, 2.45) is 5.92 Å². The lowest BCUT2D eigenvalue weighted by Crippen LogP contribution is -2.51. The van der Waals surface area contributed by atoms with Gasteiger partial charge in [0.05, 0.1) is 18.4 Å². The highest BCUT2D eigenvalue weighted by molar-refractivity contribution is 6.09. The predicted molar refractivity (Wildman–Crippen MR) is 126 cm³/mol. The van der Waals surface area contributed by atoms with Crippen LogP contribution >= 0.6 is 0 Å². The number of carbonyl (C=O) groups is 3. The molecular formula is C25H33N3O4. The van der Waals surface area contributed by atoms with Crippen molar-refractivity contribution in [3.05, 3.63) is 59.7 Å². The summed E-state index contributed by atoms with van der Waals surface area (Å²) in [5.41, 5.74) is 1.12. The van der Waals surface area contributed by atoms with E-state index >= 15 is 0 Å². The van der Waals surface area contributed by atoms with Gasteiger partial charge in [0.2, 0.25) is 5.91 Å². The van der Waals surface area contributed by atoms with E-state index in [-0.39, 0.29) is 17.7 Å². The number of carbonyl (C=O) groups excluding carboxylic acids is 3. The zero-order valence-corrected chi connectivity index (χ0v) is 19.5. The number of para-hydroxylation sites is 1. The minimum absolute atomic E-state index is 0.0342. The first kappa shape index (κ1) is 24.9. The van der Waals surface area contributed by atoms with Crippen LogP contribution in [0.2, 0.25) is 0 Å². The fourth-order valence-corrected chi connectivity index (χ4v) is 3.36. The highest BCUT2D eigenvalue weighted by Crippen LogP contribution is 2.19. The van der Waals surface area contributed by atoms with E-state index in [4.69, 9.17) is 4.74 Å². The zero-order valence-electron chi connectivity index (χ0n) is 19.5. The van der Waals surface area contributed by atoms with Crippen LogP contribution in [0.5, 0.6) is 5.75 Å². The monoisotopic (exact) mass is 439 g/mol. The summed E-state index contributed by atoms with van der Waals surface area (Å²) >= 11 is 0. The number of ether oxygens (including phenoxy) is 1. The van der Waals surface area contributed by atoms with Crippen molar-refractivity contribution < 1.29 is 19.1 Å². The van der Waals surface area contributed by atoms with Gasteiger partial charge in [0.1, 0.15) is 11.8 Å². The lowest BCUT2D eigenvalue weighted by Gasteiger charge is -2.29. The molecule has 0 saturated carbocycles. The highest BCUT2D eigenvalue weighted by Gasteiger charge is 2.29. The molecule has 172 valence electrons. The highest BCUT2D eigenvalue weighted by atomic mass is 16.5. The van der Waals surface area contributed by atoms with Gasteiger partial charge in [-0.1, -0.05) is 32.4 Å². The molecule has 2 aromatic carbocycles. The number of likely N-dealkylation sites (N-methyl/N-ethyl adjacent to an activating group) is 1. The fraction of sp³-hybridized carbons (Fsp3) is 0.400. The van der Waals surface area contributed by atoms with E-state index in [2.05, 4.69) is 10.6 Å². The summed E-state index contributed by atoms with van der Waals surface area (Å²) in [7, 11) is 1.56. The maximum atomic E-state index is 13.2. The molecule has 2 atom stereocenters. The molecular weight excluding hydrogens is 406 g/mol. The Hall–Kier alpha value is -3.35. The largest absolute Gasteiger partial charge is 0.497 e. The normalized spacial score (nSPS) is 12.4. The molecule has 0 fully saturated rings. The smallest absolute Gasteiger partial charge is 0.255 e. The minimum atomic E-state index is -0.641. The van der Waals surface area contributed by atoms with Crippen LogP contribution in [0.15, 0.2) is 48.5 Å². The first-order valence-corrected chi connectivity index (χ1v) is 11.0. The molecule has 0 aromatic heterocycles. The topological polar surface area (TPSA) is 87.7 Å². The summed E-state index contributed by atoms with van der Waals surface area (Å²) in [5.74, 6) is -0.229. The van der Waals surface area contributed by atoms with Crippen LogP contribution in [0, 0.1) is 5.92 Å². The average Bonchev–Trinajstić information content (AvgIpc) is 2.82. The van der Waals surface area contributed by atoms with Gasteiger partial charge >= 0.3 is 0 Å². The Morgan fingerprint density at radius 1 is 0.938 bits per heavy atom. The second kappa shape index (κ2) is 11.9. The number of nitrogens with one attached hydrogen (secondary N) is 2. The summed E-state index contributed by atoms with van der Waals surface area (Å²) in [4.78, 5) is 40.6. The van der Waals surface area contributed by atoms with Crippen molar-refractivity contribution in [1.29, 1.82) is 0 Å². The number of hydrogen-bond acceptors (Lipinski definition) is 4. The van der Waals surface area contributed by atoms with Crippen molar-refractivity contribution in [2.45, 2.75) is 40.2 Å². The van der Waals surface area contributed by atoms with E-state index in [1.165, 1.54) is 0 Å². The quantitative estimate of drug-likeness (QED) is 0.587. The third kappa shape index (κ3) is 6.09. The van der Waals surface area contributed by atoms with Crippen LogP contribution in [-0.4, -0.2) is 48.9 Å². The number of anilines is 1. The van der Waals surface area contributed by atoms with Crippen LogP contribution in [0.4, 0.5) is 5.69 Å². The van der Waals surface area contributed by atoms with Gasteiger partial charge in [-0.25, -0.2) is 0 Å². The maximum absolute atomic E-state index is 13.2. The van der Waals surface area contributed by atoms with Gasteiger partial charge in [-0.2, -0.15) is 0 Å². The summed E-state index contributed by atoms with van der Waals surface area (Å²) < 4.78 is 5.12. The molecule has 0 spiro atoms. The minimum Gasteiger partial charge on any atom is -0.497 e. The molecule has 2 rings (SSSR count). The van der Waals surface area contributed by atoms with E-state index in [9.17, 15) is 14.4 Å². The molecule has 7 nitrogen and oxygen atoms in total. The van der Waals surface area contributed by atoms with Gasteiger partial charge in [0.15, 0.2) is 0 Å². The van der Waals surface area contributed by atoms with Crippen LogP contribution < -0.4 is 15.4 Å². The van der Waals surface area contributed by atoms with Crippen LogP contribution in [0.1, 0.15) is 54.8 Å². The second-order valence-corrected chi connectivity index (χ2v) is 7.58. The Morgan fingerprint density at radius 2 is 1.56 bits per heavy atom. The molecule has 0 saturated heterocycles. The number of hydrogen-bond donors (Lipinski definition) is 2. The van der Waals surface area contributed by atoms with E-state index in [1.54, 1.807) is 60.5 Å². The van der Waals surface area contributed by atoms with Crippen molar-refractivity contribution in [1.82, 2.24) is 10.2 Å². The number of rotatable bonds is 10. The Labute approximate surface area is 190 Å². The Kier molecular flexibility index (Phi) is 9.25. The van der Waals surface area contributed by atoms with Crippen molar-refractivity contribution in [2.75, 3.05) is 25.5 Å². The van der Waals surface area contributed by atoms with E-state index in [1.807, 2.05) is 27.7 Å². The molecule has 0 unspecified atom stereocenters. The number of methoxy groups -OCH3 is 1. The third-order valence-electron chi connectivity index (χ3n) is 5.61. The Morgan fingerprint density at radius 3 is 2.12 bits per heavy atom. The zero-order chi connectivity index (χ0) is 23.7. The maximum Gasteiger partial charge on any atom is 0.255 e. The van der Waals surface area contributed by atoms with Gasteiger partial charge in [-0.05, 0) is 56.2 Å². The lowest BCUT2D eigenvalue weighted by molar-refractivity contribution is -0.134. The van der Waals surface area contributed by atoms with Crippen LogP contribution in [0.3, 0.4) is 0 Å². The lowest BCUT2D eigenvalue weighted by atomic mass is 9.97. The molecule has 0 aliphatic heterocycles. The van der Waals surface area contributed by atoms with Crippen molar-refractivity contribution >= 4 is 23.4 Å². The van der Waals surface area contributed by atoms with E-state index in [0.29, 0.717) is 35.7 Å². The van der Waals surface area contributed by atoms with Gasteiger partial charge in [0.25, 0.3) is 11.8 Å². The SMILES string of the molecule is CC[C@H](C)[C@@H](NC(=O)c1ccccc1NC(=O)c1ccc(OC)cc1)C(=O)N(CC)CC. The summed E-state index contributed by atoms with van der Waals surface area (Å²) in [6.07, 6.45) is 0.744. The van der Waals surface area contributed by atoms with Gasteiger partial charge in [-0.15, -0.1) is 0 Å². The van der Waals surface area contributed by atoms with Crippen LogP contribution in [0.25, 0.3) is 0 Å². The molecule has 2 aromatic rings. The number of amides is 3. The van der Waals surface area contributed by atoms with E-state index < -0.39 is 11.9 Å². The summed E-state index contributed by atoms with van der Waals surface area (Å²) in [6, 6.07) is 12.8. The molecule has 0 radical (unpaired) electrons. The van der Waals surface area contributed by atoms with E-state index in [0.717, 1.165) is 6.42 Å². The van der Waals surface area contributed by atoms with Crippen molar-refractivity contribution in [3.8, 4) is 5.75 Å². The molecule has 32 heavy (non-hydrogen) atoms. The molecule has 7 heteroatoms. The standard InChI is InChI=1S/C25H33N3O4/c1-6-17(4)22(25(31)28(7-2)8-3)27-24(30)20-11-9-10-12-21(20)26-23(29)18-13-15-19(32-5)16-14-18/h9-17,22H,6-8H2,1-5H3,(H,26,29)(H,27,30)/t17-,22+/m0/s1. The second-order valence-electron chi connectivity index (χ2n) is 7.58.